The Morgan fingerprint density at radius 2 is 1.93 bits per heavy atom. The predicted molar refractivity (Wildman–Crippen MR) is 55.1 cm³/mol. The first kappa shape index (κ1) is 10.9. The summed E-state index contributed by atoms with van der Waals surface area (Å²) < 4.78 is 0. The summed E-state index contributed by atoms with van der Waals surface area (Å²) in [6, 6.07) is 0. The lowest BCUT2D eigenvalue weighted by atomic mass is 9.96. The average Bonchev–Trinajstić information content (AvgIpc) is 2.07. The lowest BCUT2D eigenvalue weighted by Gasteiger charge is -2.17. The van der Waals surface area contributed by atoms with Crippen LogP contribution in [0.2, 0.25) is 5.15 Å². The molecule has 1 aromatic heterocycles. The van der Waals surface area contributed by atoms with E-state index < -0.39 is 5.41 Å². The molecular formula is C9H12ClN3O. The van der Waals surface area contributed by atoms with Crippen molar-refractivity contribution in [2.75, 3.05) is 5.32 Å². The molecular weight excluding hydrogens is 202 g/mol. The summed E-state index contributed by atoms with van der Waals surface area (Å²) in [4.78, 5) is 19.3. The van der Waals surface area contributed by atoms with Crippen LogP contribution >= 0.6 is 11.6 Å². The van der Waals surface area contributed by atoms with Gasteiger partial charge in [0, 0.05) is 17.8 Å². The van der Waals surface area contributed by atoms with Crippen LogP contribution in [-0.4, -0.2) is 15.9 Å². The van der Waals surface area contributed by atoms with Crippen LogP contribution in [0.5, 0.6) is 0 Å². The van der Waals surface area contributed by atoms with E-state index in [2.05, 4.69) is 15.3 Å². The van der Waals surface area contributed by atoms with Crippen LogP contribution in [0, 0.1) is 5.41 Å². The largest absolute Gasteiger partial charge is 0.308 e. The molecule has 1 heterocycles. The fourth-order valence-electron chi connectivity index (χ4n) is 0.700. The fourth-order valence-corrected chi connectivity index (χ4v) is 0.852. The molecule has 1 rings (SSSR count). The summed E-state index contributed by atoms with van der Waals surface area (Å²) in [6.07, 6.45) is 2.94. The molecule has 0 atom stereocenters. The Hall–Kier alpha value is -1.16. The molecule has 4 nitrogen and oxygen atoms in total. The summed E-state index contributed by atoms with van der Waals surface area (Å²) >= 11 is 5.73. The molecule has 0 unspecified atom stereocenters. The first-order valence-electron chi connectivity index (χ1n) is 4.19. The smallest absolute Gasteiger partial charge is 0.230 e. The van der Waals surface area contributed by atoms with Gasteiger partial charge in [0.2, 0.25) is 5.91 Å². The van der Waals surface area contributed by atoms with Crippen LogP contribution in [0.15, 0.2) is 12.4 Å². The molecule has 0 saturated heterocycles. The van der Waals surface area contributed by atoms with Gasteiger partial charge in [-0.2, -0.15) is 0 Å². The molecule has 14 heavy (non-hydrogen) atoms. The molecule has 0 aliphatic heterocycles. The van der Waals surface area contributed by atoms with E-state index in [9.17, 15) is 4.79 Å². The van der Waals surface area contributed by atoms with Gasteiger partial charge in [-0.1, -0.05) is 32.4 Å². The average molecular weight is 214 g/mol. The van der Waals surface area contributed by atoms with Gasteiger partial charge in [-0.15, -0.1) is 0 Å². The van der Waals surface area contributed by atoms with Gasteiger partial charge in [0.1, 0.15) is 0 Å². The third-order valence-electron chi connectivity index (χ3n) is 1.57. The Morgan fingerprint density at radius 3 is 2.43 bits per heavy atom. The highest BCUT2D eigenvalue weighted by Crippen LogP contribution is 2.19. The third kappa shape index (κ3) is 2.67. The zero-order chi connectivity index (χ0) is 10.8. The summed E-state index contributed by atoms with van der Waals surface area (Å²) in [5.41, 5.74) is -0.471. The maximum atomic E-state index is 11.5. The zero-order valence-electron chi connectivity index (χ0n) is 8.34. The van der Waals surface area contributed by atoms with Crippen molar-refractivity contribution >= 4 is 23.3 Å². The van der Waals surface area contributed by atoms with Crippen molar-refractivity contribution < 1.29 is 4.79 Å². The van der Waals surface area contributed by atoms with E-state index in [1.807, 2.05) is 20.8 Å². The standard InChI is InChI=1S/C9H12ClN3O/c1-9(2,3)8(14)13-7-6(10)11-4-5-12-7/h4-5H,1-3H3,(H,12,13,14). The van der Waals surface area contributed by atoms with Crippen LogP contribution in [0.1, 0.15) is 20.8 Å². The van der Waals surface area contributed by atoms with E-state index in [-0.39, 0.29) is 11.1 Å². The quantitative estimate of drug-likeness (QED) is 0.778. The van der Waals surface area contributed by atoms with Gasteiger partial charge in [0.05, 0.1) is 0 Å². The molecule has 0 fully saturated rings. The minimum Gasteiger partial charge on any atom is -0.308 e. The van der Waals surface area contributed by atoms with E-state index in [4.69, 9.17) is 11.6 Å². The molecule has 0 aliphatic carbocycles. The summed E-state index contributed by atoms with van der Waals surface area (Å²) in [7, 11) is 0. The molecule has 0 spiro atoms. The molecule has 1 N–H and O–H groups in total. The third-order valence-corrected chi connectivity index (χ3v) is 1.84. The van der Waals surface area contributed by atoms with E-state index in [1.165, 1.54) is 12.4 Å². The number of amides is 1. The maximum Gasteiger partial charge on any atom is 0.230 e. The molecule has 0 bridgehead atoms. The zero-order valence-corrected chi connectivity index (χ0v) is 9.09. The molecule has 0 radical (unpaired) electrons. The number of halogens is 1. The Balaban J connectivity index is 2.80. The second-order valence-electron chi connectivity index (χ2n) is 3.90. The van der Waals surface area contributed by atoms with Crippen LogP contribution in [-0.2, 0) is 4.79 Å². The summed E-state index contributed by atoms with van der Waals surface area (Å²) in [6.45, 7) is 5.44. The van der Waals surface area contributed by atoms with Crippen molar-refractivity contribution in [3.8, 4) is 0 Å². The van der Waals surface area contributed by atoms with E-state index in [1.54, 1.807) is 0 Å². The van der Waals surface area contributed by atoms with Gasteiger partial charge < -0.3 is 5.32 Å². The van der Waals surface area contributed by atoms with Crippen molar-refractivity contribution in [2.45, 2.75) is 20.8 Å². The molecule has 0 aliphatic rings. The normalized spacial score (nSPS) is 11.1. The lowest BCUT2D eigenvalue weighted by Crippen LogP contribution is -2.28. The maximum absolute atomic E-state index is 11.5. The number of hydrogen-bond donors (Lipinski definition) is 1. The summed E-state index contributed by atoms with van der Waals surface area (Å²) in [5, 5.41) is 2.80. The van der Waals surface area contributed by atoms with Crippen molar-refractivity contribution in [3.05, 3.63) is 17.5 Å². The minimum absolute atomic E-state index is 0.139. The number of carbonyl (C=O) groups excluding carboxylic acids is 1. The van der Waals surface area contributed by atoms with Crippen molar-refractivity contribution in [1.29, 1.82) is 0 Å². The number of rotatable bonds is 1. The molecule has 1 aromatic rings. The number of nitrogens with one attached hydrogen (secondary N) is 1. The molecule has 0 aromatic carbocycles. The monoisotopic (exact) mass is 213 g/mol. The number of hydrogen-bond acceptors (Lipinski definition) is 3. The van der Waals surface area contributed by atoms with E-state index >= 15 is 0 Å². The van der Waals surface area contributed by atoms with Crippen molar-refractivity contribution in [3.63, 3.8) is 0 Å². The first-order chi connectivity index (χ1) is 6.41. The Morgan fingerprint density at radius 1 is 1.36 bits per heavy atom. The minimum atomic E-state index is -0.471. The first-order valence-corrected chi connectivity index (χ1v) is 4.57. The number of nitrogens with zero attached hydrogens (tertiary/aromatic N) is 2. The highest BCUT2D eigenvalue weighted by Gasteiger charge is 2.22. The Bertz CT molecular complexity index is 346. The van der Waals surface area contributed by atoms with Gasteiger partial charge >= 0.3 is 0 Å². The van der Waals surface area contributed by atoms with Gasteiger partial charge in [-0.25, -0.2) is 9.97 Å². The molecule has 1 amide bonds. The second-order valence-corrected chi connectivity index (χ2v) is 4.26. The van der Waals surface area contributed by atoms with Gasteiger partial charge in [-0.3, -0.25) is 4.79 Å². The predicted octanol–water partition coefficient (Wildman–Crippen LogP) is 2.11. The fraction of sp³-hybridized carbons (Fsp3) is 0.444. The number of anilines is 1. The van der Waals surface area contributed by atoms with Gasteiger partial charge in [0.15, 0.2) is 11.0 Å². The Labute approximate surface area is 87.7 Å². The van der Waals surface area contributed by atoms with Crippen LogP contribution in [0.25, 0.3) is 0 Å². The molecule has 76 valence electrons. The summed E-state index contributed by atoms with van der Waals surface area (Å²) in [5.74, 6) is 0.161. The number of aromatic nitrogens is 2. The topological polar surface area (TPSA) is 54.9 Å². The highest BCUT2D eigenvalue weighted by molar-refractivity contribution is 6.32. The van der Waals surface area contributed by atoms with Gasteiger partial charge in [-0.05, 0) is 0 Å². The van der Waals surface area contributed by atoms with E-state index in [0.29, 0.717) is 5.82 Å². The Kier molecular flexibility index (Phi) is 3.06. The molecule has 0 saturated carbocycles. The van der Waals surface area contributed by atoms with Crippen molar-refractivity contribution in [2.24, 2.45) is 5.41 Å². The van der Waals surface area contributed by atoms with E-state index in [0.717, 1.165) is 0 Å². The lowest BCUT2D eigenvalue weighted by molar-refractivity contribution is -0.123. The van der Waals surface area contributed by atoms with Crippen molar-refractivity contribution in [1.82, 2.24) is 9.97 Å². The van der Waals surface area contributed by atoms with Crippen LogP contribution in [0.3, 0.4) is 0 Å². The number of carbonyl (C=O) groups is 1. The van der Waals surface area contributed by atoms with Crippen LogP contribution in [0.4, 0.5) is 5.82 Å². The van der Waals surface area contributed by atoms with Crippen LogP contribution < -0.4 is 5.32 Å². The SMILES string of the molecule is CC(C)(C)C(=O)Nc1nccnc1Cl. The molecule has 5 heteroatoms. The second kappa shape index (κ2) is 3.92. The van der Waals surface area contributed by atoms with Gasteiger partial charge in [0.25, 0.3) is 0 Å². The highest BCUT2D eigenvalue weighted by atomic mass is 35.5.